The van der Waals surface area contributed by atoms with Crippen LogP contribution in [-0.4, -0.2) is 14.8 Å². The minimum atomic E-state index is -2.26. The van der Waals surface area contributed by atoms with Crippen molar-refractivity contribution in [3.05, 3.63) is 54.6 Å². The molecule has 2 N–H and O–H groups in total. The molecule has 0 aliphatic heterocycles. The van der Waals surface area contributed by atoms with Gasteiger partial charge in [0.2, 0.25) is 0 Å². The molecule has 2 amide bonds. The maximum Gasteiger partial charge on any atom is 1.00 e. The summed E-state index contributed by atoms with van der Waals surface area (Å²) in [4.78, 5) is 11.8. The Labute approximate surface area is 141 Å². The molecule has 20 heavy (non-hydrogen) atoms. The van der Waals surface area contributed by atoms with Gasteiger partial charge in [-0.15, -0.1) is 0 Å². The third kappa shape index (κ3) is 5.07. The Hall–Kier alpha value is -1.18. The summed E-state index contributed by atoms with van der Waals surface area (Å²) >= 11 is -2.26. The predicted molar refractivity (Wildman–Crippen MR) is 72.7 cm³/mol. The molecule has 0 heterocycles. The smallest absolute Gasteiger partial charge is 0.768 e. The van der Waals surface area contributed by atoms with Gasteiger partial charge in [0.05, 0.1) is 0 Å². The van der Waals surface area contributed by atoms with Crippen LogP contribution in [-0.2, 0) is 11.1 Å². The number of carbonyl (C=O) groups excluding carboxylic acids is 1. The monoisotopic (exact) mass is 298 g/mol. The molecule has 0 fully saturated rings. The van der Waals surface area contributed by atoms with Crippen LogP contribution in [0, 0.1) is 0 Å². The fraction of sp³-hybridized carbons (Fsp3) is 0. The predicted octanol–water partition coefficient (Wildman–Crippen LogP) is -0.427. The fourth-order valence-corrected chi connectivity index (χ4v) is 1.82. The summed E-state index contributed by atoms with van der Waals surface area (Å²) in [5.74, 6) is 0. The van der Waals surface area contributed by atoms with E-state index in [-0.39, 0.29) is 40.5 Å². The number of rotatable bonds is 3. The SMILES string of the molecule is O=C(Nc1ccccc1)Nc1ccc(S(=O)[O-])cc1.[Na+]. The van der Waals surface area contributed by atoms with Gasteiger partial charge in [0.25, 0.3) is 0 Å². The van der Waals surface area contributed by atoms with Crippen molar-refractivity contribution < 1.29 is 43.1 Å². The van der Waals surface area contributed by atoms with Crippen LogP contribution in [0.2, 0.25) is 0 Å². The van der Waals surface area contributed by atoms with Gasteiger partial charge in [-0.1, -0.05) is 18.2 Å². The van der Waals surface area contributed by atoms with Gasteiger partial charge in [0, 0.05) is 16.3 Å². The molecule has 7 heteroatoms. The van der Waals surface area contributed by atoms with Crippen molar-refractivity contribution in [3.63, 3.8) is 0 Å². The quantitative estimate of drug-likeness (QED) is 0.596. The van der Waals surface area contributed by atoms with Gasteiger partial charge in [0.15, 0.2) is 0 Å². The summed E-state index contributed by atoms with van der Waals surface area (Å²) in [6.07, 6.45) is 0. The number of carbonyl (C=O) groups is 1. The van der Waals surface area contributed by atoms with Gasteiger partial charge in [0.1, 0.15) is 0 Å². The average molecular weight is 298 g/mol. The number of benzene rings is 2. The summed E-state index contributed by atoms with van der Waals surface area (Å²) in [5.41, 5.74) is 1.19. The number of anilines is 2. The Balaban J connectivity index is 0.00000200. The standard InChI is InChI=1S/C13H12N2O3S.Na/c16-13(14-10-4-2-1-3-5-10)15-11-6-8-12(9-7-11)19(17)18;/h1-9H,(H,17,18)(H2,14,15,16);/q;+1/p-1. The van der Waals surface area contributed by atoms with E-state index in [1.54, 1.807) is 12.1 Å². The normalized spacial score (nSPS) is 11.1. The molecule has 2 aromatic rings. The summed E-state index contributed by atoms with van der Waals surface area (Å²) in [6, 6.07) is 14.5. The molecule has 0 saturated carbocycles. The first-order valence-electron chi connectivity index (χ1n) is 5.47. The molecule has 1 atom stereocenters. The molecule has 1 unspecified atom stereocenters. The maximum atomic E-state index is 11.7. The summed E-state index contributed by atoms with van der Waals surface area (Å²) < 4.78 is 21.4. The van der Waals surface area contributed by atoms with Crippen LogP contribution in [0.25, 0.3) is 0 Å². The van der Waals surface area contributed by atoms with E-state index in [1.807, 2.05) is 18.2 Å². The molecule has 2 aromatic carbocycles. The minimum Gasteiger partial charge on any atom is -0.768 e. The van der Waals surface area contributed by atoms with E-state index in [4.69, 9.17) is 0 Å². The zero-order valence-corrected chi connectivity index (χ0v) is 13.6. The van der Waals surface area contributed by atoms with Gasteiger partial charge >= 0.3 is 35.6 Å². The molecular weight excluding hydrogens is 287 g/mol. The molecule has 0 spiro atoms. The Bertz CT molecular complexity index is 590. The number of nitrogens with one attached hydrogen (secondary N) is 2. The van der Waals surface area contributed by atoms with Crippen molar-refractivity contribution in [2.45, 2.75) is 4.90 Å². The molecule has 0 aliphatic rings. The van der Waals surface area contributed by atoms with Crippen molar-refractivity contribution in [2.75, 3.05) is 10.6 Å². The number of urea groups is 1. The van der Waals surface area contributed by atoms with Crippen LogP contribution < -0.4 is 40.2 Å². The first kappa shape index (κ1) is 16.9. The number of hydrogen-bond acceptors (Lipinski definition) is 3. The van der Waals surface area contributed by atoms with Crippen molar-refractivity contribution >= 4 is 28.5 Å². The van der Waals surface area contributed by atoms with Crippen molar-refractivity contribution in [1.82, 2.24) is 0 Å². The third-order valence-electron chi connectivity index (χ3n) is 2.34. The second kappa shape index (κ2) is 8.18. The minimum absolute atomic E-state index is 0. The molecule has 0 aliphatic carbocycles. The van der Waals surface area contributed by atoms with E-state index in [9.17, 15) is 13.6 Å². The van der Waals surface area contributed by atoms with Crippen LogP contribution in [0.1, 0.15) is 0 Å². The number of hydrogen-bond donors (Lipinski definition) is 2. The van der Waals surface area contributed by atoms with Gasteiger partial charge in [-0.3, -0.25) is 4.21 Å². The van der Waals surface area contributed by atoms with Crippen LogP contribution in [0.5, 0.6) is 0 Å². The van der Waals surface area contributed by atoms with E-state index in [1.165, 1.54) is 24.3 Å². The molecule has 2 rings (SSSR count). The van der Waals surface area contributed by atoms with E-state index < -0.39 is 11.1 Å². The molecule has 5 nitrogen and oxygen atoms in total. The topological polar surface area (TPSA) is 81.3 Å². The second-order valence-corrected chi connectivity index (χ2v) is 4.65. The van der Waals surface area contributed by atoms with E-state index in [0.717, 1.165) is 0 Å². The Morgan fingerprint density at radius 3 is 1.90 bits per heavy atom. The zero-order valence-electron chi connectivity index (χ0n) is 10.8. The molecule has 0 bridgehead atoms. The van der Waals surface area contributed by atoms with E-state index in [2.05, 4.69) is 10.6 Å². The fourth-order valence-electron chi connectivity index (χ4n) is 1.46. The molecule has 98 valence electrons. The first-order valence-corrected chi connectivity index (χ1v) is 6.55. The molecule has 0 saturated heterocycles. The Morgan fingerprint density at radius 1 is 0.900 bits per heavy atom. The van der Waals surface area contributed by atoms with E-state index in [0.29, 0.717) is 11.4 Å². The average Bonchev–Trinajstić information content (AvgIpc) is 2.40. The molecule has 0 radical (unpaired) electrons. The first-order chi connectivity index (χ1) is 9.15. The second-order valence-electron chi connectivity index (χ2n) is 3.70. The Kier molecular flexibility index (Phi) is 6.90. The van der Waals surface area contributed by atoms with Gasteiger partial charge in [-0.25, -0.2) is 4.79 Å². The van der Waals surface area contributed by atoms with Gasteiger partial charge < -0.3 is 15.2 Å². The zero-order chi connectivity index (χ0) is 13.7. The molecule has 0 aromatic heterocycles. The van der Waals surface area contributed by atoms with Crippen LogP contribution in [0.3, 0.4) is 0 Å². The van der Waals surface area contributed by atoms with Crippen LogP contribution >= 0.6 is 0 Å². The van der Waals surface area contributed by atoms with Crippen LogP contribution in [0.4, 0.5) is 16.2 Å². The molecular formula is C13H11N2NaO3S. The van der Waals surface area contributed by atoms with Crippen molar-refractivity contribution in [1.29, 1.82) is 0 Å². The van der Waals surface area contributed by atoms with Gasteiger partial charge in [-0.05, 0) is 47.5 Å². The number of para-hydroxylation sites is 1. The van der Waals surface area contributed by atoms with Gasteiger partial charge in [-0.2, -0.15) is 0 Å². The maximum absolute atomic E-state index is 11.7. The van der Waals surface area contributed by atoms with Crippen LogP contribution in [0.15, 0.2) is 59.5 Å². The summed E-state index contributed by atoms with van der Waals surface area (Å²) in [5, 5.41) is 5.26. The van der Waals surface area contributed by atoms with Crippen molar-refractivity contribution in [2.24, 2.45) is 0 Å². The van der Waals surface area contributed by atoms with Crippen molar-refractivity contribution in [3.8, 4) is 0 Å². The Morgan fingerprint density at radius 2 is 1.40 bits per heavy atom. The third-order valence-corrected chi connectivity index (χ3v) is 2.99. The number of amides is 2. The largest absolute Gasteiger partial charge is 1.00 e. The van der Waals surface area contributed by atoms with E-state index >= 15 is 0 Å². The summed E-state index contributed by atoms with van der Waals surface area (Å²) in [6.45, 7) is 0. The summed E-state index contributed by atoms with van der Waals surface area (Å²) in [7, 11) is 0.